The molecule has 0 bridgehead atoms. The molecule has 1 aromatic heterocycles. The van der Waals surface area contributed by atoms with Crippen molar-refractivity contribution < 1.29 is 28.3 Å². The van der Waals surface area contributed by atoms with Gasteiger partial charge in [-0.3, -0.25) is 9.59 Å². The number of furan rings is 1. The molecule has 0 saturated carbocycles. The van der Waals surface area contributed by atoms with Crippen molar-refractivity contribution in [2.45, 2.75) is 38.0 Å². The van der Waals surface area contributed by atoms with E-state index in [9.17, 15) is 19.2 Å². The third kappa shape index (κ3) is 4.49. The Kier molecular flexibility index (Phi) is 6.62. The number of fused-ring (bicyclic) bond motifs is 2. The molecule has 5 amide bonds. The number of hydrogen-bond donors (Lipinski definition) is 2. The van der Waals surface area contributed by atoms with Gasteiger partial charge in [-0.05, 0) is 48.7 Å². The molecule has 2 heterocycles. The molecule has 5 rings (SSSR count). The van der Waals surface area contributed by atoms with E-state index in [4.69, 9.17) is 9.15 Å². The lowest BCUT2D eigenvalue weighted by atomic mass is 9.94. The first kappa shape index (κ1) is 25.1. The minimum atomic E-state index is -1.48. The predicted molar refractivity (Wildman–Crippen MR) is 137 cm³/mol. The van der Waals surface area contributed by atoms with E-state index in [1.807, 2.05) is 37.3 Å². The van der Waals surface area contributed by atoms with E-state index in [1.54, 1.807) is 35.2 Å². The summed E-state index contributed by atoms with van der Waals surface area (Å²) in [6.07, 6.45) is 1.43. The molecule has 1 saturated heterocycles. The molecule has 196 valence electrons. The van der Waals surface area contributed by atoms with Crippen LogP contribution >= 0.6 is 0 Å². The Morgan fingerprint density at radius 2 is 1.89 bits per heavy atom. The molecule has 2 N–H and O–H groups in total. The number of benzene rings is 2. The van der Waals surface area contributed by atoms with Gasteiger partial charge in [0.15, 0.2) is 0 Å². The molecule has 1 spiro atoms. The van der Waals surface area contributed by atoms with Crippen LogP contribution in [0.4, 0.5) is 15.3 Å². The Bertz CT molecular complexity index is 1370. The van der Waals surface area contributed by atoms with Crippen LogP contribution in [0.25, 0.3) is 0 Å². The highest BCUT2D eigenvalue weighted by Crippen LogP contribution is 2.46. The van der Waals surface area contributed by atoms with Crippen LogP contribution in [0, 0.1) is 0 Å². The van der Waals surface area contributed by atoms with Crippen LogP contribution in [-0.2, 0) is 32.9 Å². The maximum absolute atomic E-state index is 13.6. The van der Waals surface area contributed by atoms with Gasteiger partial charge in [-0.15, -0.1) is 0 Å². The van der Waals surface area contributed by atoms with Crippen molar-refractivity contribution in [3.05, 3.63) is 89.4 Å². The second-order valence-electron chi connectivity index (χ2n) is 9.36. The average Bonchev–Trinajstić information content (AvgIpc) is 3.64. The molecule has 10 heteroatoms. The van der Waals surface area contributed by atoms with Crippen molar-refractivity contribution >= 4 is 29.6 Å². The normalized spacial score (nSPS) is 18.7. The van der Waals surface area contributed by atoms with Crippen LogP contribution in [-0.4, -0.2) is 47.3 Å². The van der Waals surface area contributed by atoms with Crippen molar-refractivity contribution in [3.63, 3.8) is 0 Å². The van der Waals surface area contributed by atoms with E-state index >= 15 is 0 Å². The fourth-order valence-electron chi connectivity index (χ4n) is 5.05. The van der Waals surface area contributed by atoms with Gasteiger partial charge in [-0.25, -0.2) is 14.5 Å². The Morgan fingerprint density at radius 3 is 2.61 bits per heavy atom. The monoisotopic (exact) mass is 516 g/mol. The first-order valence-corrected chi connectivity index (χ1v) is 12.4. The summed E-state index contributed by atoms with van der Waals surface area (Å²) in [5, 5.41) is 5.18. The number of hydrogen-bond acceptors (Lipinski definition) is 6. The Morgan fingerprint density at radius 1 is 1.11 bits per heavy atom. The third-order valence-electron chi connectivity index (χ3n) is 7.08. The summed E-state index contributed by atoms with van der Waals surface area (Å²) in [7, 11) is 1.51. The zero-order chi connectivity index (χ0) is 26.9. The molecule has 1 fully saturated rings. The van der Waals surface area contributed by atoms with Crippen LogP contribution in [0.1, 0.15) is 41.8 Å². The van der Waals surface area contributed by atoms with Crippen LogP contribution in [0.2, 0.25) is 0 Å². The molecule has 2 aromatic carbocycles. The maximum Gasteiger partial charge on any atom is 0.418 e. The number of anilines is 1. The molecule has 1 aliphatic heterocycles. The van der Waals surface area contributed by atoms with Crippen molar-refractivity contribution in [1.29, 1.82) is 0 Å². The summed E-state index contributed by atoms with van der Waals surface area (Å²) in [5.41, 5.74) is 1.35. The summed E-state index contributed by atoms with van der Waals surface area (Å²) < 4.78 is 11.2. The minimum absolute atomic E-state index is 0.261. The summed E-state index contributed by atoms with van der Waals surface area (Å²) in [6, 6.07) is 17.3. The number of nitrogens with one attached hydrogen (secondary N) is 2. The molecule has 1 aliphatic carbocycles. The van der Waals surface area contributed by atoms with Crippen LogP contribution in [0.15, 0.2) is 71.3 Å². The Labute approximate surface area is 219 Å². The molecular weight excluding hydrogens is 488 g/mol. The molecule has 2 atom stereocenters. The van der Waals surface area contributed by atoms with Crippen molar-refractivity contribution in [2.75, 3.05) is 18.9 Å². The quantitative estimate of drug-likeness (QED) is 0.491. The first-order valence-electron chi connectivity index (χ1n) is 12.4. The number of ether oxygens (including phenoxy) is 1. The molecule has 3 aromatic rings. The standard InChI is InChI=1S/C28H28N4O6/c1-18(23-9-6-14-37-23)31(16-19-7-4-3-5-8-19)24(33)17-32-25(34)28(38-27(32)36)13-12-20-15-21(10-11-22(20)28)30-26(35)29-2/h3-11,14-15,18H,12-13,16-17H2,1-2H3,(H2,29,30,35)/t18?,28-/m1/s1. The topological polar surface area (TPSA) is 121 Å². The summed E-state index contributed by atoms with van der Waals surface area (Å²) >= 11 is 0. The average molecular weight is 517 g/mol. The smallest absolute Gasteiger partial charge is 0.418 e. The fraction of sp³-hybridized carbons (Fsp3) is 0.286. The highest BCUT2D eigenvalue weighted by atomic mass is 16.6. The van der Waals surface area contributed by atoms with Gasteiger partial charge in [-0.2, -0.15) is 0 Å². The van der Waals surface area contributed by atoms with Gasteiger partial charge in [0.1, 0.15) is 12.3 Å². The lowest BCUT2D eigenvalue weighted by Gasteiger charge is -2.29. The lowest BCUT2D eigenvalue weighted by molar-refractivity contribution is -0.143. The van der Waals surface area contributed by atoms with Gasteiger partial charge in [0.25, 0.3) is 5.91 Å². The van der Waals surface area contributed by atoms with Crippen LogP contribution in [0.3, 0.4) is 0 Å². The number of nitrogens with zero attached hydrogens (tertiary/aromatic N) is 2. The molecular formula is C28H28N4O6. The SMILES string of the molecule is CNC(=O)Nc1ccc2c(c1)CC[C@@]21OC(=O)N(CC(=O)N(Cc2ccccc2)C(C)c2ccco2)C1=O. The number of carbonyl (C=O) groups is 4. The van der Waals surface area contributed by atoms with E-state index in [2.05, 4.69) is 10.6 Å². The third-order valence-corrected chi connectivity index (χ3v) is 7.08. The summed E-state index contributed by atoms with van der Waals surface area (Å²) in [5.74, 6) is -0.387. The van der Waals surface area contributed by atoms with Gasteiger partial charge in [-0.1, -0.05) is 36.4 Å². The zero-order valence-corrected chi connectivity index (χ0v) is 21.1. The van der Waals surface area contributed by atoms with Gasteiger partial charge >= 0.3 is 12.1 Å². The summed E-state index contributed by atoms with van der Waals surface area (Å²) in [6.45, 7) is 1.65. The predicted octanol–water partition coefficient (Wildman–Crippen LogP) is 3.94. The second-order valence-corrected chi connectivity index (χ2v) is 9.36. The number of aryl methyl sites for hydroxylation is 1. The van der Waals surface area contributed by atoms with Crippen LogP contribution in [0.5, 0.6) is 0 Å². The molecule has 38 heavy (non-hydrogen) atoms. The van der Waals surface area contributed by atoms with Gasteiger partial charge < -0.3 is 24.7 Å². The highest BCUT2D eigenvalue weighted by molar-refractivity contribution is 6.06. The van der Waals surface area contributed by atoms with Gasteiger partial charge in [0.05, 0.1) is 12.3 Å². The lowest BCUT2D eigenvalue weighted by Crippen LogP contribution is -2.45. The van der Waals surface area contributed by atoms with E-state index < -0.39 is 36.1 Å². The minimum Gasteiger partial charge on any atom is -0.467 e. The zero-order valence-electron chi connectivity index (χ0n) is 21.1. The largest absolute Gasteiger partial charge is 0.467 e. The van der Waals surface area contributed by atoms with Gasteiger partial charge in [0.2, 0.25) is 11.5 Å². The number of carbonyl (C=O) groups excluding carboxylic acids is 4. The van der Waals surface area contributed by atoms with Gasteiger partial charge in [0, 0.05) is 31.3 Å². The molecule has 2 aliphatic rings. The number of rotatable bonds is 7. The molecule has 10 nitrogen and oxygen atoms in total. The second kappa shape index (κ2) is 10.0. The number of imide groups is 1. The maximum atomic E-state index is 13.6. The number of amides is 5. The van der Waals surface area contributed by atoms with E-state index in [1.165, 1.54) is 13.3 Å². The van der Waals surface area contributed by atoms with E-state index in [0.717, 1.165) is 16.0 Å². The highest BCUT2D eigenvalue weighted by Gasteiger charge is 2.58. The molecule has 0 radical (unpaired) electrons. The Balaban J connectivity index is 1.37. The van der Waals surface area contributed by atoms with Crippen molar-refractivity contribution in [1.82, 2.24) is 15.1 Å². The fourth-order valence-corrected chi connectivity index (χ4v) is 5.05. The van der Waals surface area contributed by atoms with E-state index in [-0.39, 0.29) is 19.0 Å². The summed E-state index contributed by atoms with van der Waals surface area (Å²) in [4.78, 5) is 54.3. The van der Waals surface area contributed by atoms with E-state index in [0.29, 0.717) is 23.4 Å². The Hall–Kier alpha value is -4.60. The van der Waals surface area contributed by atoms with Crippen molar-refractivity contribution in [2.24, 2.45) is 0 Å². The van der Waals surface area contributed by atoms with Crippen molar-refractivity contribution in [3.8, 4) is 0 Å². The van der Waals surface area contributed by atoms with Crippen LogP contribution < -0.4 is 10.6 Å². The first-order chi connectivity index (χ1) is 18.3. The molecule has 1 unspecified atom stereocenters. The number of urea groups is 1.